The predicted octanol–water partition coefficient (Wildman–Crippen LogP) is 1.98. The van der Waals surface area contributed by atoms with Gasteiger partial charge in [-0.25, -0.2) is 0 Å². The van der Waals surface area contributed by atoms with Gasteiger partial charge >= 0.3 is 5.97 Å². The third-order valence-electron chi connectivity index (χ3n) is 5.10. The van der Waals surface area contributed by atoms with Gasteiger partial charge in [0.2, 0.25) is 11.8 Å². The van der Waals surface area contributed by atoms with E-state index in [0.29, 0.717) is 31.2 Å². The molecule has 7 heteroatoms. The molecule has 1 atom stereocenters. The summed E-state index contributed by atoms with van der Waals surface area (Å²) in [6.45, 7) is 2.46. The van der Waals surface area contributed by atoms with Crippen molar-refractivity contribution in [1.82, 2.24) is 15.0 Å². The number of aryl methyl sites for hydroxylation is 1. The molecule has 0 spiro atoms. The molecule has 1 N–H and O–H groups in total. The van der Waals surface area contributed by atoms with Crippen LogP contribution in [0.5, 0.6) is 0 Å². The van der Waals surface area contributed by atoms with Crippen LogP contribution in [0.25, 0.3) is 0 Å². The van der Waals surface area contributed by atoms with Gasteiger partial charge in [-0.15, -0.1) is 0 Å². The molecule has 0 bridgehead atoms. The smallest absolute Gasteiger partial charge is 0.311 e. The number of rotatable bonds is 5. The number of aliphatic carboxylic acids is 1. The Morgan fingerprint density at radius 1 is 1.39 bits per heavy atom. The minimum Gasteiger partial charge on any atom is -0.481 e. The summed E-state index contributed by atoms with van der Waals surface area (Å²) in [5.41, 5.74) is -0.824. The Balaban J connectivity index is 1.50. The molecule has 1 aliphatic carbocycles. The average molecular weight is 321 g/mol. The first-order valence-corrected chi connectivity index (χ1v) is 8.31. The molecule has 1 saturated carbocycles. The van der Waals surface area contributed by atoms with Crippen molar-refractivity contribution in [2.45, 2.75) is 57.8 Å². The molecule has 3 rings (SSSR count). The second kappa shape index (κ2) is 6.29. The number of aromatic nitrogens is 2. The van der Waals surface area contributed by atoms with E-state index in [1.807, 2.05) is 0 Å². The van der Waals surface area contributed by atoms with Crippen molar-refractivity contribution in [3.63, 3.8) is 0 Å². The van der Waals surface area contributed by atoms with Crippen molar-refractivity contribution in [2.24, 2.45) is 5.41 Å². The van der Waals surface area contributed by atoms with E-state index in [4.69, 9.17) is 4.52 Å². The summed E-state index contributed by atoms with van der Waals surface area (Å²) >= 11 is 0. The SMILES string of the molecule is CC1(C(=O)O)CCN(C(=O)CCc2nc(C3CCCC3)no2)C1. The van der Waals surface area contributed by atoms with Crippen LogP contribution >= 0.6 is 0 Å². The minimum absolute atomic E-state index is 0.0457. The van der Waals surface area contributed by atoms with Crippen LogP contribution in [-0.4, -0.2) is 45.1 Å². The number of carbonyl (C=O) groups excluding carboxylic acids is 1. The number of hydrogen-bond acceptors (Lipinski definition) is 5. The normalized spacial score (nSPS) is 25.2. The fourth-order valence-electron chi connectivity index (χ4n) is 3.44. The number of hydrogen-bond donors (Lipinski definition) is 1. The van der Waals surface area contributed by atoms with E-state index < -0.39 is 11.4 Å². The van der Waals surface area contributed by atoms with Crippen molar-refractivity contribution < 1.29 is 19.2 Å². The summed E-state index contributed by atoms with van der Waals surface area (Å²) in [4.78, 5) is 29.5. The van der Waals surface area contributed by atoms with Gasteiger partial charge in [0.05, 0.1) is 5.41 Å². The predicted molar refractivity (Wildman–Crippen MR) is 80.8 cm³/mol. The van der Waals surface area contributed by atoms with E-state index in [1.54, 1.807) is 11.8 Å². The van der Waals surface area contributed by atoms with Gasteiger partial charge in [0.25, 0.3) is 0 Å². The maximum Gasteiger partial charge on any atom is 0.311 e. The Kier molecular flexibility index (Phi) is 4.37. The van der Waals surface area contributed by atoms with Gasteiger partial charge in [-0.05, 0) is 26.2 Å². The van der Waals surface area contributed by atoms with Gasteiger partial charge in [-0.3, -0.25) is 9.59 Å². The van der Waals surface area contributed by atoms with Crippen molar-refractivity contribution >= 4 is 11.9 Å². The first kappa shape index (κ1) is 16.0. The zero-order chi connectivity index (χ0) is 16.4. The molecule has 0 aromatic carbocycles. The van der Waals surface area contributed by atoms with Crippen LogP contribution < -0.4 is 0 Å². The van der Waals surface area contributed by atoms with E-state index in [0.717, 1.165) is 18.7 Å². The molecule has 1 amide bonds. The molecule has 2 aliphatic rings. The number of nitrogens with zero attached hydrogens (tertiary/aromatic N) is 3. The summed E-state index contributed by atoms with van der Waals surface area (Å²) in [5, 5.41) is 13.2. The fraction of sp³-hybridized carbons (Fsp3) is 0.750. The van der Waals surface area contributed by atoms with Crippen molar-refractivity contribution in [3.8, 4) is 0 Å². The van der Waals surface area contributed by atoms with Gasteiger partial charge in [-0.1, -0.05) is 18.0 Å². The lowest BCUT2D eigenvalue weighted by Gasteiger charge is -2.19. The van der Waals surface area contributed by atoms with Crippen LogP contribution in [0, 0.1) is 5.41 Å². The highest BCUT2D eigenvalue weighted by Gasteiger charge is 2.41. The van der Waals surface area contributed by atoms with Crippen LogP contribution in [0.1, 0.15) is 63.1 Å². The number of carboxylic acid groups (broad SMARTS) is 1. The topological polar surface area (TPSA) is 96.5 Å². The Labute approximate surface area is 135 Å². The maximum absolute atomic E-state index is 12.2. The van der Waals surface area contributed by atoms with E-state index >= 15 is 0 Å². The maximum atomic E-state index is 12.2. The lowest BCUT2D eigenvalue weighted by Crippen LogP contribution is -2.34. The lowest BCUT2D eigenvalue weighted by molar-refractivity contribution is -0.147. The first-order chi connectivity index (χ1) is 11.0. The third kappa shape index (κ3) is 3.38. The minimum atomic E-state index is -0.842. The van der Waals surface area contributed by atoms with E-state index in [-0.39, 0.29) is 18.9 Å². The van der Waals surface area contributed by atoms with Crippen molar-refractivity contribution in [1.29, 1.82) is 0 Å². The summed E-state index contributed by atoms with van der Waals surface area (Å²) in [5.74, 6) is 0.782. The monoisotopic (exact) mass is 321 g/mol. The van der Waals surface area contributed by atoms with E-state index in [9.17, 15) is 14.7 Å². The Morgan fingerprint density at radius 2 is 2.13 bits per heavy atom. The third-order valence-corrected chi connectivity index (χ3v) is 5.10. The first-order valence-electron chi connectivity index (χ1n) is 8.31. The van der Waals surface area contributed by atoms with Gasteiger partial charge in [-0.2, -0.15) is 4.98 Å². The zero-order valence-electron chi connectivity index (χ0n) is 13.5. The standard InChI is InChI=1S/C16H23N3O4/c1-16(15(21)22)8-9-19(10-16)13(20)7-6-12-17-14(18-23-12)11-4-2-3-5-11/h11H,2-10H2,1H3,(H,21,22). The molecule has 23 heavy (non-hydrogen) atoms. The van der Waals surface area contributed by atoms with Gasteiger partial charge in [0.1, 0.15) is 0 Å². The van der Waals surface area contributed by atoms with Gasteiger partial charge < -0.3 is 14.5 Å². The summed E-state index contributed by atoms with van der Waals surface area (Å²) in [7, 11) is 0. The van der Waals surface area contributed by atoms with E-state index in [1.165, 1.54) is 12.8 Å². The molecule has 1 unspecified atom stereocenters. The Morgan fingerprint density at radius 3 is 2.78 bits per heavy atom. The second-order valence-corrected chi connectivity index (χ2v) is 6.96. The molecule has 126 valence electrons. The lowest BCUT2D eigenvalue weighted by atomic mass is 9.90. The van der Waals surface area contributed by atoms with Gasteiger partial charge in [0, 0.05) is 31.8 Å². The molecular formula is C16H23N3O4. The van der Waals surface area contributed by atoms with Crippen LogP contribution in [0.2, 0.25) is 0 Å². The fourth-order valence-corrected chi connectivity index (χ4v) is 3.44. The van der Waals surface area contributed by atoms with Crippen molar-refractivity contribution in [2.75, 3.05) is 13.1 Å². The summed E-state index contributed by atoms with van der Waals surface area (Å²) in [6, 6.07) is 0. The number of likely N-dealkylation sites (tertiary alicyclic amines) is 1. The molecule has 2 heterocycles. The molecule has 1 aromatic heterocycles. The molecule has 1 aliphatic heterocycles. The second-order valence-electron chi connectivity index (χ2n) is 6.96. The van der Waals surface area contributed by atoms with Crippen molar-refractivity contribution in [3.05, 3.63) is 11.7 Å². The highest BCUT2D eigenvalue weighted by Crippen LogP contribution is 2.32. The summed E-state index contributed by atoms with van der Waals surface area (Å²) < 4.78 is 5.24. The quantitative estimate of drug-likeness (QED) is 0.890. The highest BCUT2D eigenvalue weighted by atomic mass is 16.5. The van der Waals surface area contributed by atoms with Crippen LogP contribution in [0.3, 0.4) is 0 Å². The van der Waals surface area contributed by atoms with Crippen LogP contribution in [-0.2, 0) is 16.0 Å². The number of carbonyl (C=O) groups is 2. The summed E-state index contributed by atoms with van der Waals surface area (Å²) in [6.07, 6.45) is 5.84. The number of carboxylic acids is 1. The van der Waals surface area contributed by atoms with E-state index in [2.05, 4.69) is 10.1 Å². The molecule has 1 aromatic rings. The molecular weight excluding hydrogens is 298 g/mol. The Hall–Kier alpha value is -1.92. The van der Waals surface area contributed by atoms with Crippen LogP contribution in [0.4, 0.5) is 0 Å². The molecule has 7 nitrogen and oxygen atoms in total. The van der Waals surface area contributed by atoms with Gasteiger partial charge in [0.15, 0.2) is 5.82 Å². The van der Waals surface area contributed by atoms with Crippen LogP contribution in [0.15, 0.2) is 4.52 Å². The Bertz CT molecular complexity index is 594. The molecule has 0 radical (unpaired) electrons. The zero-order valence-corrected chi connectivity index (χ0v) is 13.5. The average Bonchev–Trinajstić information content (AvgIpc) is 3.25. The number of amides is 1. The highest BCUT2D eigenvalue weighted by molar-refractivity contribution is 5.80. The molecule has 2 fully saturated rings. The largest absolute Gasteiger partial charge is 0.481 e. The molecule has 1 saturated heterocycles.